The van der Waals surface area contributed by atoms with Gasteiger partial charge in [0.1, 0.15) is 0 Å². The molecular weight excluding hydrogens is 148 g/mol. The van der Waals surface area contributed by atoms with E-state index in [4.69, 9.17) is 0 Å². The van der Waals surface area contributed by atoms with Crippen LogP contribution in [0, 0.1) is 0 Å². The second kappa shape index (κ2) is 1.54. The van der Waals surface area contributed by atoms with Crippen molar-refractivity contribution >= 4 is 0 Å². The molecule has 0 saturated carbocycles. The maximum Gasteiger partial charge on any atom is 0.335 e. The summed E-state index contributed by atoms with van der Waals surface area (Å²) < 4.78 is 48.6. The van der Waals surface area contributed by atoms with Gasteiger partial charge in [-0.15, -0.1) is 0 Å². The zero-order chi connectivity index (χ0) is 8.15. The van der Waals surface area contributed by atoms with Gasteiger partial charge in [0.15, 0.2) is 0 Å². The first-order valence-electron chi connectivity index (χ1n) is 2.76. The molecule has 0 aromatic heterocycles. The second-order valence-corrected chi connectivity index (χ2v) is 2.40. The lowest BCUT2D eigenvalue weighted by molar-refractivity contribution is -0.189. The summed E-state index contributed by atoms with van der Waals surface area (Å²) >= 11 is 0. The van der Waals surface area contributed by atoms with E-state index in [1.807, 2.05) is 0 Å². The first-order chi connectivity index (χ1) is 4.32. The molecule has 0 heterocycles. The van der Waals surface area contributed by atoms with Crippen molar-refractivity contribution in [2.45, 2.75) is 25.7 Å². The van der Waals surface area contributed by atoms with E-state index in [9.17, 15) is 17.6 Å². The Kier molecular flexibility index (Phi) is 1.17. The first kappa shape index (κ1) is 7.57. The van der Waals surface area contributed by atoms with Crippen LogP contribution >= 0.6 is 0 Å². The van der Waals surface area contributed by atoms with Crippen molar-refractivity contribution in [3.8, 4) is 0 Å². The predicted molar refractivity (Wildman–Crippen MR) is 28.3 cm³/mol. The smallest absolute Gasteiger partial charge is 0.194 e. The molecule has 0 unspecified atom stereocenters. The molecule has 0 bridgehead atoms. The highest BCUT2D eigenvalue weighted by atomic mass is 19.3. The van der Waals surface area contributed by atoms with Crippen LogP contribution in [0.5, 0.6) is 0 Å². The monoisotopic (exact) mass is 154 g/mol. The van der Waals surface area contributed by atoms with E-state index in [2.05, 4.69) is 0 Å². The average Bonchev–Trinajstić information content (AvgIpc) is 1.84. The molecule has 4 heteroatoms. The Morgan fingerprint density at radius 3 is 1.10 bits per heavy atom. The Morgan fingerprint density at radius 2 is 1.00 bits per heavy atom. The molecule has 0 nitrogen and oxygen atoms in total. The lowest BCUT2D eigenvalue weighted by Gasteiger charge is -2.38. The van der Waals surface area contributed by atoms with Crippen molar-refractivity contribution in [1.29, 1.82) is 0 Å². The van der Waals surface area contributed by atoms with Gasteiger partial charge in [0.2, 0.25) is 0 Å². The molecule has 0 aromatic rings. The topological polar surface area (TPSA) is 0 Å². The summed E-state index contributed by atoms with van der Waals surface area (Å²) in [4.78, 5) is 0. The van der Waals surface area contributed by atoms with Crippen LogP contribution in [-0.4, -0.2) is 11.8 Å². The summed E-state index contributed by atoms with van der Waals surface area (Å²) in [7, 11) is 0. The summed E-state index contributed by atoms with van der Waals surface area (Å²) in [6.07, 6.45) is 0. The molecule has 10 heavy (non-hydrogen) atoms. The maximum atomic E-state index is 12.2. The fourth-order valence-electron chi connectivity index (χ4n) is 0.879. The Balaban J connectivity index is 3.10. The SMILES string of the molecule is CC1=C(C)C(F)(F)C1(F)F. The zero-order valence-corrected chi connectivity index (χ0v) is 5.51. The van der Waals surface area contributed by atoms with Gasteiger partial charge in [-0.2, -0.15) is 17.6 Å². The third kappa shape index (κ3) is 0.520. The van der Waals surface area contributed by atoms with E-state index < -0.39 is 23.0 Å². The van der Waals surface area contributed by atoms with Gasteiger partial charge in [-0.05, 0) is 13.8 Å². The Hall–Kier alpha value is -0.540. The Bertz CT molecular complexity index is 180. The van der Waals surface area contributed by atoms with E-state index >= 15 is 0 Å². The van der Waals surface area contributed by atoms with E-state index in [0.717, 1.165) is 13.8 Å². The van der Waals surface area contributed by atoms with E-state index in [1.165, 1.54) is 0 Å². The first-order valence-corrected chi connectivity index (χ1v) is 2.76. The molecule has 1 aliphatic rings. The molecule has 0 saturated heterocycles. The lowest BCUT2D eigenvalue weighted by atomic mass is 9.82. The largest absolute Gasteiger partial charge is 0.335 e. The van der Waals surface area contributed by atoms with Crippen LogP contribution in [0.2, 0.25) is 0 Å². The van der Waals surface area contributed by atoms with Crippen LogP contribution in [0.3, 0.4) is 0 Å². The molecule has 1 aliphatic carbocycles. The summed E-state index contributed by atoms with van der Waals surface area (Å²) in [5, 5.41) is 0. The van der Waals surface area contributed by atoms with Gasteiger partial charge in [0.05, 0.1) is 0 Å². The van der Waals surface area contributed by atoms with Crippen LogP contribution in [0.15, 0.2) is 11.1 Å². The van der Waals surface area contributed by atoms with E-state index in [0.29, 0.717) is 0 Å². The fourth-order valence-corrected chi connectivity index (χ4v) is 0.879. The molecule has 0 radical (unpaired) electrons. The fraction of sp³-hybridized carbons (Fsp3) is 0.667. The third-order valence-corrected chi connectivity index (χ3v) is 1.90. The number of alkyl halides is 4. The number of hydrogen-bond acceptors (Lipinski definition) is 0. The standard InChI is InChI=1S/C6H6F4/c1-3-4(2)6(9,10)5(3,7)8/h1-2H3. The molecule has 58 valence electrons. The summed E-state index contributed by atoms with van der Waals surface area (Å²) in [6.45, 7) is 2.04. The van der Waals surface area contributed by atoms with Gasteiger partial charge in [-0.25, -0.2) is 0 Å². The lowest BCUT2D eigenvalue weighted by Crippen LogP contribution is -2.51. The Morgan fingerprint density at radius 1 is 0.800 bits per heavy atom. The number of hydrogen-bond donors (Lipinski definition) is 0. The van der Waals surface area contributed by atoms with E-state index in [-0.39, 0.29) is 0 Å². The number of rotatable bonds is 0. The molecule has 0 N–H and O–H groups in total. The van der Waals surface area contributed by atoms with Crippen molar-refractivity contribution in [2.24, 2.45) is 0 Å². The van der Waals surface area contributed by atoms with Crippen molar-refractivity contribution in [1.82, 2.24) is 0 Å². The Labute approximate surface area is 55.5 Å². The molecule has 0 atom stereocenters. The highest BCUT2D eigenvalue weighted by Crippen LogP contribution is 2.54. The van der Waals surface area contributed by atoms with Gasteiger partial charge in [-0.1, -0.05) is 0 Å². The molecule has 0 amide bonds. The van der Waals surface area contributed by atoms with Crippen molar-refractivity contribution < 1.29 is 17.6 Å². The minimum atomic E-state index is -3.91. The van der Waals surface area contributed by atoms with Crippen LogP contribution in [0.4, 0.5) is 17.6 Å². The number of allylic oxidation sites excluding steroid dienone is 2. The zero-order valence-electron chi connectivity index (χ0n) is 5.51. The summed E-state index contributed by atoms with van der Waals surface area (Å²) in [5.41, 5.74) is -1.00. The summed E-state index contributed by atoms with van der Waals surface area (Å²) in [6, 6.07) is 0. The van der Waals surface area contributed by atoms with Crippen LogP contribution in [-0.2, 0) is 0 Å². The summed E-state index contributed by atoms with van der Waals surface area (Å²) in [5.74, 6) is -7.81. The molecule has 1 rings (SSSR count). The third-order valence-electron chi connectivity index (χ3n) is 1.90. The number of halogens is 4. The predicted octanol–water partition coefficient (Wildman–Crippen LogP) is 2.61. The van der Waals surface area contributed by atoms with Gasteiger partial charge in [-0.3, -0.25) is 0 Å². The highest BCUT2D eigenvalue weighted by molar-refractivity contribution is 5.40. The van der Waals surface area contributed by atoms with Gasteiger partial charge < -0.3 is 0 Å². The van der Waals surface area contributed by atoms with Crippen molar-refractivity contribution in [3.63, 3.8) is 0 Å². The minimum Gasteiger partial charge on any atom is -0.194 e. The molecule has 0 aliphatic heterocycles. The molecular formula is C6H6F4. The minimum absolute atomic E-state index is 0.502. The van der Waals surface area contributed by atoms with Gasteiger partial charge in [0.25, 0.3) is 0 Å². The molecule has 0 aromatic carbocycles. The molecule has 0 spiro atoms. The second-order valence-electron chi connectivity index (χ2n) is 2.40. The van der Waals surface area contributed by atoms with Crippen molar-refractivity contribution in [2.75, 3.05) is 0 Å². The van der Waals surface area contributed by atoms with Crippen molar-refractivity contribution in [3.05, 3.63) is 11.1 Å². The van der Waals surface area contributed by atoms with Crippen LogP contribution in [0.25, 0.3) is 0 Å². The molecule has 0 fully saturated rings. The van der Waals surface area contributed by atoms with Crippen LogP contribution < -0.4 is 0 Å². The maximum absolute atomic E-state index is 12.2. The van der Waals surface area contributed by atoms with Gasteiger partial charge >= 0.3 is 11.8 Å². The average molecular weight is 154 g/mol. The normalized spacial score (nSPS) is 28.2. The van der Waals surface area contributed by atoms with E-state index in [1.54, 1.807) is 0 Å². The quantitative estimate of drug-likeness (QED) is 0.371. The van der Waals surface area contributed by atoms with Gasteiger partial charge in [0, 0.05) is 11.1 Å². The highest BCUT2D eigenvalue weighted by Gasteiger charge is 2.67. The van der Waals surface area contributed by atoms with Crippen LogP contribution in [0.1, 0.15) is 13.8 Å².